The lowest BCUT2D eigenvalue weighted by atomic mass is 9.97. The number of nitrogens with zero attached hydrogens (tertiary/aromatic N) is 5. The van der Waals surface area contributed by atoms with E-state index in [1.54, 1.807) is 19.4 Å². The van der Waals surface area contributed by atoms with Crippen molar-refractivity contribution >= 4 is 11.7 Å². The van der Waals surface area contributed by atoms with Gasteiger partial charge in [0.25, 0.3) is 5.56 Å². The van der Waals surface area contributed by atoms with Gasteiger partial charge in [0.1, 0.15) is 11.4 Å². The van der Waals surface area contributed by atoms with E-state index in [4.69, 9.17) is 9.15 Å². The minimum absolute atomic E-state index is 0.0378. The number of amides is 1. The topological polar surface area (TPSA) is 115 Å². The molecule has 1 aliphatic heterocycles. The van der Waals surface area contributed by atoms with Crippen LogP contribution in [-0.4, -0.2) is 52.6 Å². The summed E-state index contributed by atoms with van der Waals surface area (Å²) in [5.74, 6) is 1.94. The molecule has 0 saturated carbocycles. The second-order valence-corrected chi connectivity index (χ2v) is 8.84. The summed E-state index contributed by atoms with van der Waals surface area (Å²) >= 11 is 0. The zero-order chi connectivity index (χ0) is 25.6. The molecule has 1 aliphatic rings. The molecule has 1 atom stereocenters. The number of hydrogen-bond donors (Lipinski definition) is 1. The van der Waals surface area contributed by atoms with Crippen molar-refractivity contribution in [2.45, 2.75) is 19.4 Å². The normalized spacial score (nSPS) is 15.4. The molecule has 10 heteroatoms. The molecule has 190 valence electrons. The van der Waals surface area contributed by atoms with E-state index in [1.807, 2.05) is 48.5 Å². The second-order valence-electron chi connectivity index (χ2n) is 8.84. The molecule has 4 heterocycles. The molecule has 0 aliphatic carbocycles. The molecule has 4 aromatic rings. The van der Waals surface area contributed by atoms with Gasteiger partial charge in [0.05, 0.1) is 31.5 Å². The number of carbonyl (C=O) groups is 1. The van der Waals surface area contributed by atoms with Gasteiger partial charge in [-0.15, -0.1) is 10.2 Å². The first-order valence-electron chi connectivity index (χ1n) is 12.2. The molecule has 0 radical (unpaired) electrons. The van der Waals surface area contributed by atoms with E-state index in [9.17, 15) is 9.59 Å². The van der Waals surface area contributed by atoms with Crippen LogP contribution >= 0.6 is 0 Å². The predicted octanol–water partition coefficient (Wildman–Crippen LogP) is 3.00. The number of aromatic nitrogens is 4. The number of rotatable bonds is 8. The quantitative estimate of drug-likeness (QED) is 0.393. The minimum atomic E-state index is -0.216. The van der Waals surface area contributed by atoms with Crippen LogP contribution in [0.1, 0.15) is 12.8 Å². The number of piperidine rings is 1. The molecular weight excluding hydrogens is 472 g/mol. The number of nitrogens with one attached hydrogen (secondary N) is 1. The molecule has 1 amide bonds. The average molecular weight is 501 g/mol. The Labute approximate surface area is 213 Å². The lowest BCUT2D eigenvalue weighted by molar-refractivity contribution is -0.125. The van der Waals surface area contributed by atoms with Crippen molar-refractivity contribution in [2.75, 3.05) is 31.6 Å². The molecule has 1 unspecified atom stereocenters. The highest BCUT2D eigenvalue weighted by molar-refractivity contribution is 5.79. The summed E-state index contributed by atoms with van der Waals surface area (Å²) in [4.78, 5) is 27.3. The van der Waals surface area contributed by atoms with Gasteiger partial charge in [-0.1, -0.05) is 0 Å². The predicted molar refractivity (Wildman–Crippen MR) is 138 cm³/mol. The highest BCUT2D eigenvalue weighted by Crippen LogP contribution is 2.24. The fourth-order valence-corrected chi connectivity index (χ4v) is 4.40. The minimum Gasteiger partial charge on any atom is -0.497 e. The highest BCUT2D eigenvalue weighted by atomic mass is 16.5. The van der Waals surface area contributed by atoms with Gasteiger partial charge in [-0.2, -0.15) is 5.10 Å². The summed E-state index contributed by atoms with van der Waals surface area (Å²) in [6.07, 6.45) is 3.28. The van der Waals surface area contributed by atoms with Gasteiger partial charge in [0.15, 0.2) is 11.6 Å². The number of hydrogen-bond acceptors (Lipinski definition) is 8. The van der Waals surface area contributed by atoms with Gasteiger partial charge in [0, 0.05) is 31.3 Å². The van der Waals surface area contributed by atoms with Gasteiger partial charge >= 0.3 is 0 Å². The fraction of sp³-hybridized carbons (Fsp3) is 0.296. The molecule has 3 aromatic heterocycles. The van der Waals surface area contributed by atoms with Crippen molar-refractivity contribution in [3.63, 3.8) is 0 Å². The molecule has 1 aromatic carbocycles. The number of ether oxygens (including phenoxy) is 1. The first-order chi connectivity index (χ1) is 18.1. The van der Waals surface area contributed by atoms with E-state index in [0.29, 0.717) is 30.2 Å². The molecule has 1 fully saturated rings. The van der Waals surface area contributed by atoms with Gasteiger partial charge in [-0.25, -0.2) is 4.68 Å². The lowest BCUT2D eigenvalue weighted by Crippen LogP contribution is -2.44. The van der Waals surface area contributed by atoms with E-state index in [1.165, 1.54) is 10.7 Å². The van der Waals surface area contributed by atoms with Crippen LogP contribution in [0.2, 0.25) is 0 Å². The molecule has 37 heavy (non-hydrogen) atoms. The monoisotopic (exact) mass is 500 g/mol. The van der Waals surface area contributed by atoms with Crippen molar-refractivity contribution in [3.05, 3.63) is 77.3 Å². The fourth-order valence-electron chi connectivity index (χ4n) is 4.40. The lowest BCUT2D eigenvalue weighted by Gasteiger charge is -2.32. The largest absolute Gasteiger partial charge is 0.497 e. The van der Waals surface area contributed by atoms with E-state index in [2.05, 4.69) is 25.5 Å². The Kier molecular flexibility index (Phi) is 7.25. The van der Waals surface area contributed by atoms with Crippen LogP contribution in [0.4, 0.5) is 5.82 Å². The first kappa shape index (κ1) is 24.2. The summed E-state index contributed by atoms with van der Waals surface area (Å²) in [6.45, 7) is 1.97. The van der Waals surface area contributed by atoms with Crippen molar-refractivity contribution < 1.29 is 13.9 Å². The van der Waals surface area contributed by atoms with Gasteiger partial charge in [-0.3, -0.25) is 9.59 Å². The summed E-state index contributed by atoms with van der Waals surface area (Å²) in [5.41, 5.74) is 2.00. The zero-order valence-corrected chi connectivity index (χ0v) is 20.5. The van der Waals surface area contributed by atoms with Crippen molar-refractivity contribution in [3.8, 4) is 28.5 Å². The average Bonchev–Trinajstić information content (AvgIpc) is 3.49. The molecule has 0 spiro atoms. The highest BCUT2D eigenvalue weighted by Gasteiger charge is 2.26. The number of anilines is 1. The molecule has 5 rings (SSSR count). The molecule has 1 N–H and O–H groups in total. The standard InChI is InChI=1S/C27H28N6O4/c1-36-21-8-6-19(7-9-21)22-11-13-26(34)33(31-22)16-14-28-27(35)20-4-2-15-32(18-20)25-12-10-23(29-30-25)24-5-3-17-37-24/h3,5-13,17,20H,2,4,14-16,18H2,1H3,(H,28,35). The third kappa shape index (κ3) is 5.69. The molecular formula is C27H28N6O4. The summed E-state index contributed by atoms with van der Waals surface area (Å²) in [7, 11) is 1.61. The van der Waals surface area contributed by atoms with Gasteiger partial charge in [0.2, 0.25) is 5.91 Å². The number of carbonyl (C=O) groups excluding carboxylic acids is 1. The van der Waals surface area contributed by atoms with Crippen molar-refractivity contribution in [1.82, 2.24) is 25.3 Å². The maximum Gasteiger partial charge on any atom is 0.266 e. The maximum absolute atomic E-state index is 12.9. The summed E-state index contributed by atoms with van der Waals surface area (Å²) < 4.78 is 11.9. The van der Waals surface area contributed by atoms with E-state index in [0.717, 1.165) is 36.5 Å². The Morgan fingerprint density at radius 3 is 2.65 bits per heavy atom. The van der Waals surface area contributed by atoms with E-state index in [-0.39, 0.29) is 23.9 Å². The Morgan fingerprint density at radius 1 is 1.08 bits per heavy atom. The zero-order valence-electron chi connectivity index (χ0n) is 20.5. The van der Waals surface area contributed by atoms with Crippen LogP contribution in [0.5, 0.6) is 5.75 Å². The van der Waals surface area contributed by atoms with Crippen LogP contribution in [-0.2, 0) is 11.3 Å². The third-order valence-corrected chi connectivity index (χ3v) is 6.42. The SMILES string of the molecule is COc1ccc(-c2ccc(=O)n(CCNC(=O)C3CCCN(c4ccc(-c5ccco5)nn4)C3)n2)cc1. The summed E-state index contributed by atoms with van der Waals surface area (Å²) in [5, 5.41) is 16.0. The molecule has 1 saturated heterocycles. The van der Waals surface area contributed by atoms with Crippen LogP contribution in [0.15, 0.2) is 76.1 Å². The summed E-state index contributed by atoms with van der Waals surface area (Å²) in [6, 6.07) is 18.1. The molecule has 0 bridgehead atoms. The Balaban J connectivity index is 1.16. The smallest absolute Gasteiger partial charge is 0.266 e. The van der Waals surface area contributed by atoms with E-state index < -0.39 is 0 Å². The first-order valence-corrected chi connectivity index (χ1v) is 12.2. The Bertz CT molecular complexity index is 1380. The third-order valence-electron chi connectivity index (χ3n) is 6.42. The van der Waals surface area contributed by atoms with Gasteiger partial charge < -0.3 is 19.4 Å². The maximum atomic E-state index is 12.9. The van der Waals surface area contributed by atoms with Crippen LogP contribution in [0.25, 0.3) is 22.7 Å². The van der Waals surface area contributed by atoms with Gasteiger partial charge in [-0.05, 0) is 67.4 Å². The van der Waals surface area contributed by atoms with E-state index >= 15 is 0 Å². The van der Waals surface area contributed by atoms with Crippen LogP contribution < -0.4 is 20.5 Å². The van der Waals surface area contributed by atoms with Crippen LogP contribution in [0.3, 0.4) is 0 Å². The second kappa shape index (κ2) is 11.1. The number of furan rings is 1. The van der Waals surface area contributed by atoms with Crippen molar-refractivity contribution in [1.29, 1.82) is 0 Å². The Hall–Kier alpha value is -4.47. The molecule has 10 nitrogen and oxygen atoms in total. The Morgan fingerprint density at radius 2 is 1.92 bits per heavy atom. The number of benzene rings is 1. The number of methoxy groups -OCH3 is 1. The van der Waals surface area contributed by atoms with Crippen LogP contribution in [0, 0.1) is 5.92 Å². The van der Waals surface area contributed by atoms with Crippen molar-refractivity contribution in [2.24, 2.45) is 5.92 Å².